The highest BCUT2D eigenvalue weighted by atomic mass is 19.1. The molecule has 0 radical (unpaired) electrons. The standard InChI is InChI=1S/C27H25FN6O4/c1-4-21(35)17-7-8-19(28)24(25(17)38-26(36)16-6-10-23(31-14-16)34(2)3)18-11-20(18)32-27(37)33-22-9-5-15(12-29)13-30-22/h5-10,13-14,18,20H,4,11H2,1-3H3,(H2,30,32,33,37). The van der Waals surface area contributed by atoms with Crippen molar-refractivity contribution in [1.82, 2.24) is 15.3 Å². The molecule has 0 saturated heterocycles. The van der Waals surface area contributed by atoms with Crippen molar-refractivity contribution in [2.24, 2.45) is 0 Å². The minimum absolute atomic E-state index is 0.0531. The van der Waals surface area contributed by atoms with Crippen molar-refractivity contribution in [2.75, 3.05) is 24.3 Å². The van der Waals surface area contributed by atoms with Crippen molar-refractivity contribution < 1.29 is 23.5 Å². The quantitative estimate of drug-likeness (QED) is 0.260. The minimum atomic E-state index is -0.783. The van der Waals surface area contributed by atoms with E-state index in [1.54, 1.807) is 17.9 Å². The number of amides is 2. The summed E-state index contributed by atoms with van der Waals surface area (Å²) in [6.45, 7) is 1.66. The lowest BCUT2D eigenvalue weighted by Crippen LogP contribution is -2.31. The number of esters is 1. The molecule has 2 amide bonds. The summed E-state index contributed by atoms with van der Waals surface area (Å²) < 4.78 is 20.7. The summed E-state index contributed by atoms with van der Waals surface area (Å²) >= 11 is 0. The molecule has 4 rings (SSSR count). The monoisotopic (exact) mass is 516 g/mol. The first-order valence-electron chi connectivity index (χ1n) is 11.9. The molecule has 1 aromatic carbocycles. The largest absolute Gasteiger partial charge is 0.422 e. The summed E-state index contributed by atoms with van der Waals surface area (Å²) in [6, 6.07) is 9.55. The molecule has 2 N–H and O–H groups in total. The average molecular weight is 517 g/mol. The summed E-state index contributed by atoms with van der Waals surface area (Å²) in [7, 11) is 3.62. The first-order chi connectivity index (χ1) is 18.2. The van der Waals surface area contributed by atoms with E-state index in [-0.39, 0.29) is 40.5 Å². The fourth-order valence-electron chi connectivity index (χ4n) is 3.89. The van der Waals surface area contributed by atoms with Crippen molar-refractivity contribution in [1.29, 1.82) is 5.26 Å². The molecule has 194 valence electrons. The van der Waals surface area contributed by atoms with Crippen molar-refractivity contribution in [3.05, 3.63) is 76.9 Å². The Labute approximate surface area is 218 Å². The molecule has 1 aliphatic rings. The van der Waals surface area contributed by atoms with Crippen LogP contribution >= 0.6 is 0 Å². The second-order valence-corrected chi connectivity index (χ2v) is 8.89. The lowest BCUT2D eigenvalue weighted by Gasteiger charge is -2.16. The highest BCUT2D eigenvalue weighted by Crippen LogP contribution is 2.47. The molecule has 10 nitrogen and oxygen atoms in total. The third-order valence-electron chi connectivity index (χ3n) is 6.01. The summed E-state index contributed by atoms with van der Waals surface area (Å²) in [6.07, 6.45) is 3.17. The van der Waals surface area contributed by atoms with Gasteiger partial charge in [0, 0.05) is 50.4 Å². The average Bonchev–Trinajstić information content (AvgIpc) is 3.66. The molecule has 0 spiro atoms. The number of pyridine rings is 2. The lowest BCUT2D eigenvalue weighted by atomic mass is 10.00. The van der Waals surface area contributed by atoms with Crippen molar-refractivity contribution in [2.45, 2.75) is 31.7 Å². The Bertz CT molecular complexity index is 1420. The number of hydrogen-bond donors (Lipinski definition) is 2. The van der Waals surface area contributed by atoms with Crippen LogP contribution in [-0.2, 0) is 0 Å². The van der Waals surface area contributed by atoms with Crippen LogP contribution in [0.1, 0.15) is 57.5 Å². The molecule has 2 unspecified atom stereocenters. The Hall–Kier alpha value is -4.85. The Balaban J connectivity index is 1.55. The lowest BCUT2D eigenvalue weighted by molar-refractivity contribution is 0.0729. The maximum absolute atomic E-state index is 15.1. The normalized spacial score (nSPS) is 15.7. The van der Waals surface area contributed by atoms with E-state index in [9.17, 15) is 14.4 Å². The number of halogens is 1. The van der Waals surface area contributed by atoms with E-state index in [1.807, 2.05) is 20.2 Å². The first kappa shape index (κ1) is 26.2. The molecule has 38 heavy (non-hydrogen) atoms. The summed E-state index contributed by atoms with van der Waals surface area (Å²) in [5.74, 6) is -1.54. The molecule has 0 bridgehead atoms. The van der Waals surface area contributed by atoms with Crippen molar-refractivity contribution >= 4 is 29.4 Å². The number of carbonyl (C=O) groups excluding carboxylic acids is 3. The molecular weight excluding hydrogens is 491 g/mol. The third-order valence-corrected chi connectivity index (χ3v) is 6.01. The maximum Gasteiger partial charge on any atom is 0.345 e. The number of rotatable bonds is 8. The van der Waals surface area contributed by atoms with Crippen LogP contribution in [0.5, 0.6) is 5.75 Å². The Morgan fingerprint density at radius 3 is 2.53 bits per heavy atom. The predicted molar refractivity (Wildman–Crippen MR) is 137 cm³/mol. The molecule has 2 aromatic heterocycles. The van der Waals surface area contributed by atoms with E-state index < -0.39 is 29.8 Å². The Morgan fingerprint density at radius 1 is 1.13 bits per heavy atom. The highest BCUT2D eigenvalue weighted by Gasteiger charge is 2.44. The second kappa shape index (κ2) is 11.0. The molecule has 2 heterocycles. The van der Waals surface area contributed by atoms with E-state index in [2.05, 4.69) is 20.6 Å². The molecule has 1 saturated carbocycles. The molecule has 2 atom stereocenters. The molecule has 0 aliphatic heterocycles. The Morgan fingerprint density at radius 2 is 1.92 bits per heavy atom. The third kappa shape index (κ3) is 5.75. The maximum atomic E-state index is 15.1. The number of benzene rings is 1. The zero-order valence-electron chi connectivity index (χ0n) is 21.0. The van der Waals surface area contributed by atoms with Crippen LogP contribution in [0.4, 0.5) is 20.8 Å². The van der Waals surface area contributed by atoms with Gasteiger partial charge in [-0.2, -0.15) is 5.26 Å². The van der Waals surface area contributed by atoms with E-state index in [0.29, 0.717) is 17.8 Å². The molecule has 1 fully saturated rings. The van der Waals surface area contributed by atoms with E-state index in [1.165, 1.54) is 42.7 Å². The Kier molecular flexibility index (Phi) is 7.62. The van der Waals surface area contributed by atoms with E-state index in [0.717, 1.165) is 0 Å². The number of carbonyl (C=O) groups is 3. The van der Waals surface area contributed by atoms with Gasteiger partial charge in [0.25, 0.3) is 0 Å². The van der Waals surface area contributed by atoms with Crippen LogP contribution in [0.15, 0.2) is 48.8 Å². The molecular formula is C27H25FN6O4. The van der Waals surface area contributed by atoms with Gasteiger partial charge in [0.1, 0.15) is 29.3 Å². The fourth-order valence-corrected chi connectivity index (χ4v) is 3.89. The van der Waals surface area contributed by atoms with Gasteiger partial charge in [-0.1, -0.05) is 6.92 Å². The van der Waals surface area contributed by atoms with Crippen LogP contribution < -0.4 is 20.3 Å². The van der Waals surface area contributed by atoms with Crippen molar-refractivity contribution in [3.63, 3.8) is 0 Å². The van der Waals surface area contributed by atoms with Gasteiger partial charge in [0.2, 0.25) is 0 Å². The van der Waals surface area contributed by atoms with E-state index >= 15 is 4.39 Å². The number of ether oxygens (including phenoxy) is 1. The SMILES string of the molecule is CCC(=O)c1ccc(F)c(C2CC2NC(=O)Nc2ccc(C#N)cn2)c1OC(=O)c1ccc(N(C)C)nc1. The van der Waals surface area contributed by atoms with Crippen molar-refractivity contribution in [3.8, 4) is 11.8 Å². The number of urea groups is 1. The second-order valence-electron chi connectivity index (χ2n) is 8.89. The van der Waals surface area contributed by atoms with Gasteiger partial charge < -0.3 is 15.0 Å². The summed E-state index contributed by atoms with van der Waals surface area (Å²) in [5.41, 5.74) is 0.631. The minimum Gasteiger partial charge on any atom is -0.422 e. The van der Waals surface area contributed by atoms with E-state index in [4.69, 9.17) is 10.00 Å². The van der Waals surface area contributed by atoms with Gasteiger partial charge in [-0.3, -0.25) is 10.1 Å². The van der Waals surface area contributed by atoms with Crippen LogP contribution in [0.2, 0.25) is 0 Å². The number of nitrogens with zero attached hydrogens (tertiary/aromatic N) is 4. The van der Waals surface area contributed by atoms with Gasteiger partial charge in [0.15, 0.2) is 5.78 Å². The predicted octanol–water partition coefficient (Wildman–Crippen LogP) is 4.04. The van der Waals surface area contributed by atoms with Gasteiger partial charge >= 0.3 is 12.0 Å². The highest BCUT2D eigenvalue weighted by molar-refractivity contribution is 6.01. The van der Waals surface area contributed by atoms with Crippen LogP contribution in [0.3, 0.4) is 0 Å². The molecule has 1 aliphatic carbocycles. The number of Topliss-reactive ketones (excluding diaryl/α,β-unsaturated/α-hetero) is 1. The number of ketones is 1. The summed E-state index contributed by atoms with van der Waals surface area (Å²) in [4.78, 5) is 48.0. The first-order valence-corrected chi connectivity index (χ1v) is 11.9. The molecule has 3 aromatic rings. The smallest absolute Gasteiger partial charge is 0.345 e. The number of anilines is 2. The number of nitrogens with one attached hydrogen (secondary N) is 2. The zero-order valence-corrected chi connectivity index (χ0v) is 21.0. The van der Waals surface area contributed by atoms with Crippen LogP contribution in [0, 0.1) is 17.1 Å². The topological polar surface area (TPSA) is 137 Å². The molecule has 11 heteroatoms. The number of aromatic nitrogens is 2. The van der Waals surface area contributed by atoms with Gasteiger partial charge in [-0.05, 0) is 42.8 Å². The summed E-state index contributed by atoms with van der Waals surface area (Å²) in [5, 5.41) is 14.2. The van der Waals surface area contributed by atoms with Crippen LogP contribution in [-0.4, -0.2) is 47.9 Å². The van der Waals surface area contributed by atoms with Gasteiger partial charge in [-0.15, -0.1) is 0 Å². The zero-order chi connectivity index (χ0) is 27.4. The van der Waals surface area contributed by atoms with Crippen LogP contribution in [0.25, 0.3) is 0 Å². The number of hydrogen-bond acceptors (Lipinski definition) is 8. The number of nitriles is 1. The van der Waals surface area contributed by atoms with Gasteiger partial charge in [-0.25, -0.2) is 23.9 Å². The fraction of sp³-hybridized carbons (Fsp3) is 0.259. The van der Waals surface area contributed by atoms with Gasteiger partial charge in [0.05, 0.1) is 16.7 Å².